The van der Waals surface area contributed by atoms with Crippen LogP contribution in [0.2, 0.25) is 0 Å². The molecule has 1 atom stereocenters. The molecule has 1 aliphatic rings. The summed E-state index contributed by atoms with van der Waals surface area (Å²) in [6, 6.07) is 9.64. The molecule has 22 heavy (non-hydrogen) atoms. The molecule has 0 bridgehead atoms. The van der Waals surface area contributed by atoms with Crippen molar-refractivity contribution < 1.29 is 9.53 Å². The molecule has 1 heterocycles. The Balaban J connectivity index is 0.00000242. The Morgan fingerprint density at radius 1 is 1.32 bits per heavy atom. The summed E-state index contributed by atoms with van der Waals surface area (Å²) >= 11 is 0. The van der Waals surface area contributed by atoms with Crippen molar-refractivity contribution in [1.29, 1.82) is 0 Å². The van der Waals surface area contributed by atoms with E-state index in [2.05, 4.69) is 15.5 Å². The molecule has 1 aromatic rings. The van der Waals surface area contributed by atoms with Crippen molar-refractivity contribution in [1.82, 2.24) is 15.5 Å². The summed E-state index contributed by atoms with van der Waals surface area (Å²) in [5.74, 6) is -0.0572. The number of rotatable bonds is 7. The predicted octanol–water partition coefficient (Wildman–Crippen LogP) is 1.21. The second kappa shape index (κ2) is 10.6. The number of hydrogen-bond donors (Lipinski definition) is 2. The molecule has 1 aromatic carbocycles. The zero-order chi connectivity index (χ0) is 14.9. The van der Waals surface area contributed by atoms with Crippen LogP contribution in [-0.2, 0) is 9.53 Å². The molecule has 1 amide bonds. The van der Waals surface area contributed by atoms with E-state index < -0.39 is 6.10 Å². The minimum Gasteiger partial charge on any atom is -0.364 e. The van der Waals surface area contributed by atoms with Crippen molar-refractivity contribution in [2.24, 2.45) is 0 Å². The van der Waals surface area contributed by atoms with E-state index in [1.165, 1.54) is 0 Å². The zero-order valence-electron chi connectivity index (χ0n) is 13.1. The number of ether oxygens (including phenoxy) is 1. The highest BCUT2D eigenvalue weighted by Crippen LogP contribution is 2.17. The van der Waals surface area contributed by atoms with Crippen molar-refractivity contribution in [3.05, 3.63) is 35.9 Å². The summed E-state index contributed by atoms with van der Waals surface area (Å²) < 4.78 is 5.60. The van der Waals surface area contributed by atoms with Crippen LogP contribution in [0.4, 0.5) is 0 Å². The topological polar surface area (TPSA) is 53.6 Å². The summed E-state index contributed by atoms with van der Waals surface area (Å²) in [5, 5.41) is 6.31. The molecule has 0 aromatic heterocycles. The van der Waals surface area contributed by atoms with Gasteiger partial charge in [0.05, 0.1) is 0 Å². The first-order chi connectivity index (χ1) is 10.3. The number of hydrogen-bond acceptors (Lipinski definition) is 4. The largest absolute Gasteiger partial charge is 0.364 e. The van der Waals surface area contributed by atoms with Crippen molar-refractivity contribution in [2.45, 2.75) is 13.0 Å². The summed E-state index contributed by atoms with van der Waals surface area (Å²) in [6.45, 7) is 8.12. The first-order valence-corrected chi connectivity index (χ1v) is 7.68. The number of benzene rings is 1. The summed E-state index contributed by atoms with van der Waals surface area (Å²) in [7, 11) is 0. The summed E-state index contributed by atoms with van der Waals surface area (Å²) in [4.78, 5) is 14.7. The van der Waals surface area contributed by atoms with E-state index >= 15 is 0 Å². The normalized spacial score (nSPS) is 16.6. The maximum Gasteiger partial charge on any atom is 0.253 e. The van der Waals surface area contributed by atoms with Crippen LogP contribution in [0.5, 0.6) is 0 Å². The lowest BCUT2D eigenvalue weighted by Crippen LogP contribution is -2.46. The third-order valence-electron chi connectivity index (χ3n) is 3.61. The van der Waals surface area contributed by atoms with Crippen molar-refractivity contribution >= 4 is 18.3 Å². The van der Waals surface area contributed by atoms with Gasteiger partial charge in [-0.2, -0.15) is 0 Å². The predicted molar refractivity (Wildman–Crippen MR) is 90.4 cm³/mol. The Kier molecular flexibility index (Phi) is 9.08. The Bertz CT molecular complexity index is 425. The third kappa shape index (κ3) is 5.93. The number of carbonyl (C=O) groups excluding carboxylic acids is 1. The fraction of sp³-hybridized carbons (Fsp3) is 0.562. The monoisotopic (exact) mass is 327 g/mol. The molecule has 0 radical (unpaired) electrons. The smallest absolute Gasteiger partial charge is 0.253 e. The molecular formula is C16H26ClN3O2. The second-order valence-electron chi connectivity index (χ2n) is 5.13. The third-order valence-corrected chi connectivity index (χ3v) is 3.61. The van der Waals surface area contributed by atoms with Gasteiger partial charge in [-0.05, 0) is 12.5 Å². The average molecular weight is 328 g/mol. The molecule has 5 nitrogen and oxygen atoms in total. The number of carbonyl (C=O) groups is 1. The van der Waals surface area contributed by atoms with E-state index in [9.17, 15) is 4.79 Å². The SMILES string of the molecule is CCOC(C(=O)NCCN1CCNCC1)c1ccccc1.Cl. The van der Waals surface area contributed by atoms with Gasteiger partial charge >= 0.3 is 0 Å². The Morgan fingerprint density at radius 3 is 2.64 bits per heavy atom. The minimum atomic E-state index is -0.515. The van der Waals surface area contributed by atoms with Crippen molar-refractivity contribution in [3.63, 3.8) is 0 Å². The van der Waals surface area contributed by atoms with E-state index in [0.29, 0.717) is 13.2 Å². The van der Waals surface area contributed by atoms with E-state index in [0.717, 1.165) is 38.3 Å². The Morgan fingerprint density at radius 2 is 2.00 bits per heavy atom. The molecule has 2 rings (SSSR count). The molecule has 0 aliphatic carbocycles. The van der Waals surface area contributed by atoms with E-state index in [-0.39, 0.29) is 18.3 Å². The van der Waals surface area contributed by atoms with Crippen molar-refractivity contribution in [3.8, 4) is 0 Å². The van der Waals surface area contributed by atoms with Crippen LogP contribution in [0.3, 0.4) is 0 Å². The maximum atomic E-state index is 12.3. The van der Waals surface area contributed by atoms with Gasteiger partial charge < -0.3 is 15.4 Å². The zero-order valence-corrected chi connectivity index (χ0v) is 13.9. The quantitative estimate of drug-likeness (QED) is 0.790. The van der Waals surface area contributed by atoms with Gasteiger partial charge in [0.1, 0.15) is 0 Å². The molecule has 1 unspecified atom stereocenters. The van der Waals surface area contributed by atoms with Crippen LogP contribution >= 0.6 is 12.4 Å². The van der Waals surface area contributed by atoms with Gasteiger partial charge in [-0.15, -0.1) is 12.4 Å². The molecule has 1 aliphatic heterocycles. The van der Waals surface area contributed by atoms with Crippen LogP contribution in [-0.4, -0.2) is 56.7 Å². The molecule has 124 valence electrons. The number of nitrogens with one attached hydrogen (secondary N) is 2. The Labute approximate surface area is 138 Å². The molecule has 0 spiro atoms. The lowest BCUT2D eigenvalue weighted by atomic mass is 10.1. The molecule has 2 N–H and O–H groups in total. The van der Waals surface area contributed by atoms with E-state index in [1.54, 1.807) is 0 Å². The van der Waals surface area contributed by atoms with E-state index in [4.69, 9.17) is 4.74 Å². The Hall–Kier alpha value is -1.14. The fourth-order valence-corrected chi connectivity index (χ4v) is 2.48. The number of nitrogens with zero attached hydrogens (tertiary/aromatic N) is 1. The molecular weight excluding hydrogens is 302 g/mol. The highest BCUT2D eigenvalue weighted by atomic mass is 35.5. The number of piperazine rings is 1. The number of halogens is 1. The van der Waals surface area contributed by atoms with Crippen LogP contribution < -0.4 is 10.6 Å². The van der Waals surface area contributed by atoms with Crippen LogP contribution in [0, 0.1) is 0 Å². The highest BCUT2D eigenvalue weighted by molar-refractivity contribution is 5.85. The molecule has 0 saturated carbocycles. The standard InChI is InChI=1S/C16H25N3O2.ClH/c1-2-21-15(14-6-4-3-5-7-14)16(20)18-10-13-19-11-8-17-9-12-19;/h3-7,15,17H,2,8-13H2,1H3,(H,18,20);1H. The molecule has 1 fully saturated rings. The fourth-order valence-electron chi connectivity index (χ4n) is 2.48. The minimum absolute atomic E-state index is 0. The maximum absolute atomic E-state index is 12.3. The van der Waals surface area contributed by atoms with Crippen LogP contribution in [0.1, 0.15) is 18.6 Å². The second-order valence-corrected chi connectivity index (χ2v) is 5.13. The van der Waals surface area contributed by atoms with Gasteiger partial charge in [-0.25, -0.2) is 0 Å². The summed E-state index contributed by atoms with van der Waals surface area (Å²) in [6.07, 6.45) is -0.515. The number of amides is 1. The lowest BCUT2D eigenvalue weighted by molar-refractivity contribution is -0.133. The lowest BCUT2D eigenvalue weighted by Gasteiger charge is -2.27. The first kappa shape index (κ1) is 18.9. The first-order valence-electron chi connectivity index (χ1n) is 7.68. The van der Waals surface area contributed by atoms with E-state index in [1.807, 2.05) is 37.3 Å². The molecule has 1 saturated heterocycles. The van der Waals surface area contributed by atoms with Gasteiger partial charge in [-0.1, -0.05) is 30.3 Å². The summed E-state index contributed by atoms with van der Waals surface area (Å²) in [5.41, 5.74) is 0.902. The highest BCUT2D eigenvalue weighted by Gasteiger charge is 2.20. The van der Waals surface area contributed by atoms with Crippen LogP contribution in [0.25, 0.3) is 0 Å². The van der Waals surface area contributed by atoms with Gasteiger partial charge in [0.15, 0.2) is 6.10 Å². The van der Waals surface area contributed by atoms with Gasteiger partial charge in [0, 0.05) is 45.9 Å². The van der Waals surface area contributed by atoms with Crippen LogP contribution in [0.15, 0.2) is 30.3 Å². The van der Waals surface area contributed by atoms with Gasteiger partial charge in [0.2, 0.25) is 0 Å². The van der Waals surface area contributed by atoms with Crippen molar-refractivity contribution in [2.75, 3.05) is 45.9 Å². The average Bonchev–Trinajstić information content (AvgIpc) is 2.54. The molecule has 6 heteroatoms. The van der Waals surface area contributed by atoms with Gasteiger partial charge in [-0.3, -0.25) is 9.69 Å². The van der Waals surface area contributed by atoms with Gasteiger partial charge in [0.25, 0.3) is 5.91 Å².